The number of nitrogens with two attached hydrogens (primary N) is 1. The molecule has 0 atom stereocenters. The Kier molecular flexibility index (Phi) is 3.84. The van der Waals surface area contributed by atoms with Crippen LogP contribution in [0.5, 0.6) is 0 Å². The third-order valence-corrected chi connectivity index (χ3v) is 2.64. The van der Waals surface area contributed by atoms with E-state index in [2.05, 4.69) is 15.3 Å². The van der Waals surface area contributed by atoms with E-state index in [1.165, 1.54) is 0 Å². The van der Waals surface area contributed by atoms with Crippen molar-refractivity contribution in [3.63, 3.8) is 0 Å². The summed E-state index contributed by atoms with van der Waals surface area (Å²) in [5.41, 5.74) is 7.53. The molecule has 5 nitrogen and oxygen atoms in total. The van der Waals surface area contributed by atoms with Gasteiger partial charge in [0, 0.05) is 41.1 Å². The van der Waals surface area contributed by atoms with Crippen molar-refractivity contribution in [1.82, 2.24) is 15.3 Å². The van der Waals surface area contributed by atoms with Crippen molar-refractivity contribution in [2.45, 2.75) is 6.42 Å². The number of hydrogen-bond acceptors (Lipinski definition) is 3. The molecule has 1 aromatic carbocycles. The van der Waals surface area contributed by atoms with E-state index >= 15 is 0 Å². The number of nitrogens with zero attached hydrogens (tertiary/aromatic N) is 1. The second-order valence-corrected chi connectivity index (χ2v) is 4.29. The number of nitrogen functional groups attached to an aromatic ring is 1. The number of carbonyl (C=O) groups is 1. The van der Waals surface area contributed by atoms with E-state index < -0.39 is 0 Å². The Bertz CT molecular complexity index is 519. The monoisotopic (exact) mass is 264 g/mol. The van der Waals surface area contributed by atoms with Crippen molar-refractivity contribution in [3.05, 3.63) is 47.0 Å². The molecule has 6 heteroatoms. The molecule has 2 aromatic rings. The minimum Gasteiger partial charge on any atom is -0.399 e. The van der Waals surface area contributed by atoms with Crippen LogP contribution in [0.2, 0.25) is 5.02 Å². The van der Waals surface area contributed by atoms with E-state index in [9.17, 15) is 4.79 Å². The first-order valence-electron chi connectivity index (χ1n) is 5.46. The lowest BCUT2D eigenvalue weighted by molar-refractivity contribution is 0.0954. The molecular weight excluding hydrogens is 252 g/mol. The van der Waals surface area contributed by atoms with E-state index in [4.69, 9.17) is 17.3 Å². The van der Waals surface area contributed by atoms with Crippen LogP contribution in [0, 0.1) is 0 Å². The Morgan fingerprint density at radius 1 is 1.44 bits per heavy atom. The fraction of sp³-hybridized carbons (Fsp3) is 0.167. The zero-order valence-electron chi connectivity index (χ0n) is 9.61. The average Bonchev–Trinajstić information content (AvgIpc) is 2.80. The largest absolute Gasteiger partial charge is 0.399 e. The Balaban J connectivity index is 1.91. The van der Waals surface area contributed by atoms with Gasteiger partial charge in [-0.15, -0.1) is 0 Å². The summed E-state index contributed by atoms with van der Waals surface area (Å²) in [5.74, 6) is -0.191. The molecule has 0 unspecified atom stereocenters. The molecule has 1 heterocycles. The zero-order valence-corrected chi connectivity index (χ0v) is 10.4. The van der Waals surface area contributed by atoms with Gasteiger partial charge in [0.2, 0.25) is 0 Å². The molecule has 2 rings (SSSR count). The number of anilines is 1. The van der Waals surface area contributed by atoms with Gasteiger partial charge in [0.05, 0.1) is 6.33 Å². The summed E-state index contributed by atoms with van der Waals surface area (Å²) < 4.78 is 0. The molecule has 0 radical (unpaired) electrons. The number of aromatic nitrogens is 2. The molecule has 0 aliphatic heterocycles. The standard InChI is InChI=1S/C12H13ClN4O/c13-9-3-8(4-10(14)5-9)12(18)16-2-1-11-6-15-7-17-11/h3-7H,1-2,14H2,(H,15,17)(H,16,18). The maximum atomic E-state index is 11.8. The number of benzene rings is 1. The smallest absolute Gasteiger partial charge is 0.251 e. The van der Waals surface area contributed by atoms with Crippen LogP contribution >= 0.6 is 11.6 Å². The number of H-pyrrole nitrogens is 1. The number of nitrogens with one attached hydrogen (secondary N) is 2. The lowest BCUT2D eigenvalue weighted by Crippen LogP contribution is -2.25. The summed E-state index contributed by atoms with van der Waals surface area (Å²) in [6.45, 7) is 0.521. The number of rotatable bonds is 4. The van der Waals surface area contributed by atoms with Crippen molar-refractivity contribution in [3.8, 4) is 0 Å². The van der Waals surface area contributed by atoms with E-state index in [0.29, 0.717) is 29.2 Å². The molecule has 0 aliphatic rings. The van der Waals surface area contributed by atoms with Crippen LogP contribution < -0.4 is 11.1 Å². The van der Waals surface area contributed by atoms with Crippen molar-refractivity contribution in [2.24, 2.45) is 0 Å². The first-order chi connectivity index (χ1) is 8.65. The van der Waals surface area contributed by atoms with Crippen LogP contribution in [0.15, 0.2) is 30.7 Å². The normalized spacial score (nSPS) is 10.3. The highest BCUT2D eigenvalue weighted by Crippen LogP contribution is 2.16. The molecule has 0 spiro atoms. The molecular formula is C12H13ClN4O. The molecule has 18 heavy (non-hydrogen) atoms. The molecule has 94 valence electrons. The fourth-order valence-corrected chi connectivity index (χ4v) is 1.82. The molecule has 0 aliphatic carbocycles. The van der Waals surface area contributed by atoms with Crippen LogP contribution in [0.25, 0.3) is 0 Å². The topological polar surface area (TPSA) is 83.8 Å². The minimum absolute atomic E-state index is 0.191. The summed E-state index contributed by atoms with van der Waals surface area (Å²) in [7, 11) is 0. The molecule has 0 fully saturated rings. The quantitative estimate of drug-likeness (QED) is 0.734. The molecule has 0 saturated carbocycles. The van der Waals surface area contributed by atoms with Gasteiger partial charge < -0.3 is 16.0 Å². The van der Waals surface area contributed by atoms with Crippen LogP contribution in [0.3, 0.4) is 0 Å². The number of amides is 1. The van der Waals surface area contributed by atoms with Crippen LogP contribution in [-0.2, 0) is 6.42 Å². The second kappa shape index (κ2) is 5.55. The van der Waals surface area contributed by atoms with Crippen molar-refractivity contribution < 1.29 is 4.79 Å². The lowest BCUT2D eigenvalue weighted by Gasteiger charge is -2.05. The predicted molar refractivity (Wildman–Crippen MR) is 70.5 cm³/mol. The first kappa shape index (κ1) is 12.4. The van der Waals surface area contributed by atoms with Gasteiger partial charge in [0.1, 0.15) is 0 Å². The van der Waals surface area contributed by atoms with Crippen molar-refractivity contribution in [2.75, 3.05) is 12.3 Å². The van der Waals surface area contributed by atoms with E-state index in [0.717, 1.165) is 5.69 Å². The van der Waals surface area contributed by atoms with Gasteiger partial charge in [0.25, 0.3) is 5.91 Å². The average molecular weight is 265 g/mol. The van der Waals surface area contributed by atoms with Gasteiger partial charge in [-0.3, -0.25) is 4.79 Å². The van der Waals surface area contributed by atoms with Gasteiger partial charge in [-0.05, 0) is 18.2 Å². The van der Waals surface area contributed by atoms with E-state index in [-0.39, 0.29) is 5.91 Å². The number of hydrogen-bond donors (Lipinski definition) is 3. The SMILES string of the molecule is Nc1cc(Cl)cc(C(=O)NCCc2cnc[nH]2)c1. The first-order valence-corrected chi connectivity index (χ1v) is 5.84. The van der Waals surface area contributed by atoms with Crippen molar-refractivity contribution >= 4 is 23.2 Å². The van der Waals surface area contributed by atoms with Gasteiger partial charge in [-0.1, -0.05) is 11.6 Å². The highest BCUT2D eigenvalue weighted by atomic mass is 35.5. The summed E-state index contributed by atoms with van der Waals surface area (Å²) in [4.78, 5) is 18.7. The number of imidazole rings is 1. The molecule has 1 amide bonds. The number of aromatic amines is 1. The maximum absolute atomic E-state index is 11.8. The molecule has 4 N–H and O–H groups in total. The Morgan fingerprint density at radius 3 is 2.94 bits per heavy atom. The third kappa shape index (κ3) is 3.24. The Morgan fingerprint density at radius 2 is 2.28 bits per heavy atom. The molecule has 0 saturated heterocycles. The highest BCUT2D eigenvalue weighted by molar-refractivity contribution is 6.31. The Hall–Kier alpha value is -2.01. The van der Waals surface area contributed by atoms with E-state index in [1.54, 1.807) is 30.7 Å². The summed E-state index contributed by atoms with van der Waals surface area (Å²) >= 11 is 5.84. The van der Waals surface area contributed by atoms with E-state index in [1.807, 2.05) is 0 Å². The van der Waals surface area contributed by atoms with Gasteiger partial charge >= 0.3 is 0 Å². The van der Waals surface area contributed by atoms with Crippen molar-refractivity contribution in [1.29, 1.82) is 0 Å². The zero-order chi connectivity index (χ0) is 13.0. The van der Waals surface area contributed by atoms with Crippen LogP contribution in [-0.4, -0.2) is 22.4 Å². The highest BCUT2D eigenvalue weighted by Gasteiger charge is 2.07. The van der Waals surface area contributed by atoms with Crippen LogP contribution in [0.4, 0.5) is 5.69 Å². The number of halogens is 1. The molecule has 0 bridgehead atoms. The summed E-state index contributed by atoms with van der Waals surface area (Å²) in [6.07, 6.45) is 4.03. The van der Waals surface area contributed by atoms with Crippen LogP contribution in [0.1, 0.15) is 16.1 Å². The summed E-state index contributed by atoms with van der Waals surface area (Å²) in [5, 5.41) is 3.24. The lowest BCUT2D eigenvalue weighted by atomic mass is 10.2. The van der Waals surface area contributed by atoms with Gasteiger partial charge in [-0.2, -0.15) is 0 Å². The fourth-order valence-electron chi connectivity index (χ4n) is 1.58. The Labute approximate surface area is 109 Å². The number of carbonyl (C=O) groups excluding carboxylic acids is 1. The molecule has 1 aromatic heterocycles. The minimum atomic E-state index is -0.191. The van der Waals surface area contributed by atoms with Gasteiger partial charge in [-0.25, -0.2) is 4.98 Å². The second-order valence-electron chi connectivity index (χ2n) is 3.86. The maximum Gasteiger partial charge on any atom is 0.251 e. The van der Waals surface area contributed by atoms with Gasteiger partial charge in [0.15, 0.2) is 0 Å². The predicted octanol–water partition coefficient (Wildman–Crippen LogP) is 1.62. The summed E-state index contributed by atoms with van der Waals surface area (Å²) in [6, 6.07) is 4.78. The third-order valence-electron chi connectivity index (χ3n) is 2.42.